The number of nitro groups is 1. The van der Waals surface area contributed by atoms with E-state index in [4.69, 9.17) is 5.73 Å². The van der Waals surface area contributed by atoms with E-state index in [2.05, 4.69) is 5.32 Å². The summed E-state index contributed by atoms with van der Waals surface area (Å²) in [7, 11) is 0. The number of rotatable bonds is 5. The van der Waals surface area contributed by atoms with Crippen molar-refractivity contribution < 1.29 is 9.31 Å². The Morgan fingerprint density at radius 3 is 2.68 bits per heavy atom. The van der Waals surface area contributed by atoms with E-state index in [1.807, 2.05) is 0 Å². The van der Waals surface area contributed by atoms with E-state index in [9.17, 15) is 14.5 Å². The number of non-ortho nitro benzene ring substituents is 1. The Morgan fingerprint density at radius 1 is 1.42 bits per heavy atom. The zero-order valence-electron chi connectivity index (χ0n) is 10.6. The molecule has 0 spiro atoms. The molecule has 0 amide bonds. The van der Waals surface area contributed by atoms with Crippen LogP contribution < -0.4 is 11.1 Å². The van der Waals surface area contributed by atoms with Crippen molar-refractivity contribution in [3.63, 3.8) is 0 Å². The van der Waals surface area contributed by atoms with Gasteiger partial charge in [0.15, 0.2) is 0 Å². The summed E-state index contributed by atoms with van der Waals surface area (Å²) in [5.41, 5.74) is 5.93. The second kappa shape index (κ2) is 5.97. The zero-order chi connectivity index (χ0) is 13.8. The molecule has 2 rings (SSSR count). The highest BCUT2D eigenvalue weighted by Crippen LogP contribution is 2.30. The lowest BCUT2D eigenvalue weighted by molar-refractivity contribution is -0.385. The van der Waals surface area contributed by atoms with Gasteiger partial charge < -0.3 is 11.1 Å². The maximum Gasteiger partial charge on any atom is 0.274 e. The lowest BCUT2D eigenvalue weighted by Gasteiger charge is -2.24. The van der Waals surface area contributed by atoms with Gasteiger partial charge in [-0.05, 0) is 24.8 Å². The van der Waals surface area contributed by atoms with Gasteiger partial charge in [0.05, 0.1) is 11.0 Å². The van der Waals surface area contributed by atoms with Crippen LogP contribution in [0.3, 0.4) is 0 Å². The topological polar surface area (TPSA) is 81.2 Å². The minimum atomic E-state index is -0.612. The third-order valence-corrected chi connectivity index (χ3v) is 3.67. The lowest BCUT2D eigenvalue weighted by atomic mass is 9.98. The zero-order valence-corrected chi connectivity index (χ0v) is 10.6. The molecule has 1 aliphatic carbocycles. The predicted octanol–water partition coefficient (Wildman–Crippen LogP) is 2.66. The molecule has 0 heterocycles. The van der Waals surface area contributed by atoms with Crippen LogP contribution in [-0.4, -0.2) is 17.5 Å². The van der Waals surface area contributed by atoms with Crippen molar-refractivity contribution in [3.05, 3.63) is 34.1 Å². The van der Waals surface area contributed by atoms with Crippen molar-refractivity contribution in [1.29, 1.82) is 0 Å². The number of nitrogens with two attached hydrogens (primary N) is 1. The average Bonchev–Trinajstić information content (AvgIpc) is 2.89. The third-order valence-electron chi connectivity index (χ3n) is 3.67. The van der Waals surface area contributed by atoms with Crippen molar-refractivity contribution in [1.82, 2.24) is 0 Å². The molecule has 104 valence electrons. The Hall–Kier alpha value is -1.69. The molecule has 6 heteroatoms. The number of halogens is 1. The lowest BCUT2D eigenvalue weighted by Crippen LogP contribution is -2.35. The Balaban J connectivity index is 2.14. The van der Waals surface area contributed by atoms with Crippen LogP contribution in [0.1, 0.15) is 25.7 Å². The Morgan fingerprint density at radius 2 is 2.11 bits per heavy atom. The summed E-state index contributed by atoms with van der Waals surface area (Å²) in [4.78, 5) is 10.1. The van der Waals surface area contributed by atoms with Crippen LogP contribution in [-0.2, 0) is 0 Å². The van der Waals surface area contributed by atoms with Gasteiger partial charge in [0, 0.05) is 24.3 Å². The smallest absolute Gasteiger partial charge is 0.274 e. The normalized spacial score (nSPS) is 17.4. The fourth-order valence-electron chi connectivity index (χ4n) is 2.71. The minimum absolute atomic E-state index is 0.0453. The largest absolute Gasteiger partial charge is 0.380 e. The van der Waals surface area contributed by atoms with Crippen molar-refractivity contribution in [2.75, 3.05) is 11.9 Å². The summed E-state index contributed by atoms with van der Waals surface area (Å²) in [6.07, 6.45) is 4.58. The first kappa shape index (κ1) is 13.7. The number of nitrogens with zero attached hydrogens (tertiary/aromatic N) is 1. The van der Waals surface area contributed by atoms with Gasteiger partial charge in [-0.25, -0.2) is 4.39 Å². The van der Waals surface area contributed by atoms with Gasteiger partial charge in [-0.1, -0.05) is 12.8 Å². The van der Waals surface area contributed by atoms with E-state index >= 15 is 0 Å². The van der Waals surface area contributed by atoms with E-state index in [1.54, 1.807) is 0 Å². The van der Waals surface area contributed by atoms with Crippen LogP contribution >= 0.6 is 0 Å². The summed E-state index contributed by atoms with van der Waals surface area (Å²) in [5.74, 6) is -0.147. The quantitative estimate of drug-likeness (QED) is 0.634. The number of hydrogen-bond donors (Lipinski definition) is 2. The Bertz CT molecular complexity index is 461. The van der Waals surface area contributed by atoms with E-state index in [1.165, 1.54) is 25.0 Å². The molecule has 1 saturated carbocycles. The molecule has 1 fully saturated rings. The van der Waals surface area contributed by atoms with E-state index in [-0.39, 0.29) is 11.7 Å². The number of benzene rings is 1. The molecule has 19 heavy (non-hydrogen) atoms. The first-order chi connectivity index (χ1) is 9.10. The second-order valence-corrected chi connectivity index (χ2v) is 4.99. The molecule has 1 aliphatic rings. The molecule has 5 nitrogen and oxygen atoms in total. The number of hydrogen-bond acceptors (Lipinski definition) is 4. The highest BCUT2D eigenvalue weighted by atomic mass is 19.1. The van der Waals surface area contributed by atoms with Crippen LogP contribution in [0.15, 0.2) is 18.2 Å². The van der Waals surface area contributed by atoms with Gasteiger partial charge in [-0.2, -0.15) is 0 Å². The molecule has 0 radical (unpaired) electrons. The van der Waals surface area contributed by atoms with E-state index < -0.39 is 10.7 Å². The third kappa shape index (κ3) is 3.41. The van der Waals surface area contributed by atoms with E-state index in [0.717, 1.165) is 18.9 Å². The summed E-state index contributed by atoms with van der Waals surface area (Å²) in [6.45, 7) is 0.439. The second-order valence-electron chi connectivity index (χ2n) is 4.99. The maximum absolute atomic E-state index is 13.3. The van der Waals surface area contributed by atoms with Gasteiger partial charge >= 0.3 is 0 Å². The fraction of sp³-hybridized carbons (Fsp3) is 0.538. The SMILES string of the molecule is NCC(Nc1cc(F)cc([N+](=O)[O-])c1)C1CCCC1. The Labute approximate surface area is 111 Å². The molecule has 3 N–H and O–H groups in total. The van der Waals surface area contributed by atoms with Gasteiger partial charge in [0.2, 0.25) is 0 Å². The minimum Gasteiger partial charge on any atom is -0.380 e. The molecule has 0 aromatic heterocycles. The van der Waals surface area contributed by atoms with E-state index in [0.29, 0.717) is 18.2 Å². The van der Waals surface area contributed by atoms with Crippen LogP contribution in [0.4, 0.5) is 15.8 Å². The van der Waals surface area contributed by atoms with Crippen molar-refractivity contribution in [3.8, 4) is 0 Å². The number of nitrogens with one attached hydrogen (secondary N) is 1. The van der Waals surface area contributed by atoms with Crippen LogP contribution in [0, 0.1) is 21.8 Å². The summed E-state index contributed by atoms with van der Waals surface area (Å²) in [6, 6.07) is 3.58. The molecule has 1 unspecified atom stereocenters. The fourth-order valence-corrected chi connectivity index (χ4v) is 2.71. The van der Waals surface area contributed by atoms with Gasteiger partial charge in [-0.15, -0.1) is 0 Å². The highest BCUT2D eigenvalue weighted by molar-refractivity contribution is 5.52. The summed E-state index contributed by atoms with van der Waals surface area (Å²) < 4.78 is 13.3. The number of nitro benzene ring substituents is 1. The molecule has 0 aliphatic heterocycles. The van der Waals surface area contributed by atoms with Crippen molar-refractivity contribution >= 4 is 11.4 Å². The van der Waals surface area contributed by atoms with Crippen LogP contribution in [0.2, 0.25) is 0 Å². The standard InChI is InChI=1S/C13H18FN3O2/c14-10-5-11(7-12(6-10)17(18)19)16-13(8-15)9-3-1-2-4-9/h5-7,9,13,16H,1-4,8,15H2. The monoisotopic (exact) mass is 267 g/mol. The first-order valence-electron chi connectivity index (χ1n) is 6.51. The highest BCUT2D eigenvalue weighted by Gasteiger charge is 2.24. The van der Waals surface area contributed by atoms with Gasteiger partial charge in [0.1, 0.15) is 5.82 Å². The van der Waals surface area contributed by atoms with Crippen LogP contribution in [0.25, 0.3) is 0 Å². The molecule has 0 bridgehead atoms. The summed E-state index contributed by atoms with van der Waals surface area (Å²) >= 11 is 0. The molecular formula is C13H18FN3O2. The molecule has 1 aromatic rings. The van der Waals surface area contributed by atoms with Crippen molar-refractivity contribution in [2.45, 2.75) is 31.7 Å². The molecular weight excluding hydrogens is 249 g/mol. The average molecular weight is 267 g/mol. The van der Waals surface area contributed by atoms with Gasteiger partial charge in [0.25, 0.3) is 5.69 Å². The first-order valence-corrected chi connectivity index (χ1v) is 6.51. The van der Waals surface area contributed by atoms with Crippen molar-refractivity contribution in [2.24, 2.45) is 11.7 Å². The molecule has 0 saturated heterocycles. The number of anilines is 1. The summed E-state index contributed by atoms with van der Waals surface area (Å²) in [5, 5.41) is 13.8. The Kier molecular flexibility index (Phi) is 4.31. The maximum atomic E-state index is 13.3. The van der Waals surface area contributed by atoms with Crippen LogP contribution in [0.5, 0.6) is 0 Å². The molecule has 1 aromatic carbocycles. The predicted molar refractivity (Wildman–Crippen MR) is 71.5 cm³/mol. The molecule has 1 atom stereocenters. The van der Waals surface area contributed by atoms with Gasteiger partial charge in [-0.3, -0.25) is 10.1 Å².